The number of ether oxygens (including phenoxy) is 1. The van der Waals surface area contributed by atoms with E-state index in [0.717, 1.165) is 30.8 Å². The molecule has 0 aliphatic heterocycles. The highest BCUT2D eigenvalue weighted by molar-refractivity contribution is 5.85. The molecule has 1 unspecified atom stereocenters. The van der Waals surface area contributed by atoms with Crippen molar-refractivity contribution in [1.82, 2.24) is 0 Å². The summed E-state index contributed by atoms with van der Waals surface area (Å²) in [5, 5.41) is 0. The van der Waals surface area contributed by atoms with Gasteiger partial charge in [-0.05, 0) is 79.3 Å². The minimum atomic E-state index is -0.0126. The lowest BCUT2D eigenvalue weighted by Gasteiger charge is -2.28. The first kappa shape index (κ1) is 27.5. The maximum absolute atomic E-state index is 6.59. The summed E-state index contributed by atoms with van der Waals surface area (Å²) in [6.07, 6.45) is 2.98. The normalized spacial score (nSPS) is 11.8. The van der Waals surface area contributed by atoms with Crippen molar-refractivity contribution in [1.29, 1.82) is 0 Å². The number of nitrogens with two attached hydrogens (primary N) is 1. The van der Waals surface area contributed by atoms with Gasteiger partial charge in [0.15, 0.2) is 0 Å². The molecule has 0 heterocycles. The summed E-state index contributed by atoms with van der Waals surface area (Å²) in [7, 11) is 0. The van der Waals surface area contributed by atoms with E-state index >= 15 is 0 Å². The molecule has 0 aromatic heterocycles. The minimum absolute atomic E-state index is 0. The Kier molecular flexibility index (Phi) is 11.6. The summed E-state index contributed by atoms with van der Waals surface area (Å²) in [6.45, 7) is 15.8. The van der Waals surface area contributed by atoms with Gasteiger partial charge in [0.05, 0.1) is 0 Å². The van der Waals surface area contributed by atoms with Gasteiger partial charge in [-0.25, -0.2) is 0 Å². The lowest BCUT2D eigenvalue weighted by molar-refractivity contribution is 0.453. The van der Waals surface area contributed by atoms with Crippen molar-refractivity contribution in [2.24, 2.45) is 17.6 Å². The smallest absolute Gasteiger partial charge is 0.135 e. The van der Waals surface area contributed by atoms with Gasteiger partial charge in [-0.2, -0.15) is 0 Å². The van der Waals surface area contributed by atoms with E-state index in [2.05, 4.69) is 48.5 Å². The molecular formula is C25H40ClNO2. The molecule has 2 aromatic rings. The quantitative estimate of drug-likeness (QED) is 0.528. The predicted octanol–water partition coefficient (Wildman–Crippen LogP) is 6.50. The van der Waals surface area contributed by atoms with E-state index in [1.165, 1.54) is 27.8 Å². The number of halogens is 1. The van der Waals surface area contributed by atoms with Gasteiger partial charge >= 0.3 is 0 Å². The van der Waals surface area contributed by atoms with E-state index in [1.54, 1.807) is 0 Å². The summed E-state index contributed by atoms with van der Waals surface area (Å²) in [4.78, 5) is 0. The van der Waals surface area contributed by atoms with Crippen LogP contribution >= 0.6 is 12.4 Å². The zero-order valence-electron chi connectivity index (χ0n) is 19.1. The van der Waals surface area contributed by atoms with Crippen molar-refractivity contribution < 1.29 is 10.2 Å². The molecule has 0 amide bonds. The molecule has 164 valence electrons. The highest BCUT2D eigenvalue weighted by atomic mass is 35.5. The lowest BCUT2D eigenvalue weighted by Crippen LogP contribution is -2.17. The van der Waals surface area contributed by atoms with Crippen molar-refractivity contribution in [2.75, 3.05) is 0 Å². The molecule has 1 atom stereocenters. The third-order valence-electron chi connectivity index (χ3n) is 5.30. The third-order valence-corrected chi connectivity index (χ3v) is 5.30. The van der Waals surface area contributed by atoms with Gasteiger partial charge in [0.25, 0.3) is 0 Å². The van der Waals surface area contributed by atoms with Crippen LogP contribution < -0.4 is 10.5 Å². The topological polar surface area (TPSA) is 66.8 Å². The zero-order valence-corrected chi connectivity index (χ0v) is 20.0. The van der Waals surface area contributed by atoms with Crippen LogP contribution in [-0.2, 0) is 12.8 Å². The second-order valence-corrected chi connectivity index (χ2v) is 8.58. The maximum Gasteiger partial charge on any atom is 0.135 e. The molecule has 4 heteroatoms. The van der Waals surface area contributed by atoms with Gasteiger partial charge in [0, 0.05) is 11.6 Å². The Labute approximate surface area is 183 Å². The van der Waals surface area contributed by atoms with Gasteiger partial charge in [-0.15, -0.1) is 12.4 Å². The second kappa shape index (κ2) is 12.2. The maximum atomic E-state index is 6.59. The molecule has 0 saturated heterocycles. The summed E-state index contributed by atoms with van der Waals surface area (Å²) in [5.74, 6) is 3.04. The van der Waals surface area contributed by atoms with Crippen LogP contribution in [-0.4, -0.2) is 5.48 Å². The summed E-state index contributed by atoms with van der Waals surface area (Å²) in [5.41, 5.74) is 13.3. The highest BCUT2D eigenvalue weighted by Gasteiger charge is 2.25. The van der Waals surface area contributed by atoms with Gasteiger partial charge in [0.1, 0.15) is 11.5 Å². The first-order chi connectivity index (χ1) is 12.8. The second-order valence-electron chi connectivity index (χ2n) is 8.58. The molecule has 0 fully saturated rings. The number of hydrogen-bond acceptors (Lipinski definition) is 2. The fourth-order valence-electron chi connectivity index (χ4n) is 3.81. The van der Waals surface area contributed by atoms with E-state index in [4.69, 9.17) is 10.5 Å². The molecule has 0 spiro atoms. The Hall–Kier alpha value is -1.55. The summed E-state index contributed by atoms with van der Waals surface area (Å²) < 4.78 is 6.54. The SMILES string of the molecule is CCC(N)c1c(C)c(C)c(CC(C)C)c(CC(C)C)c1Oc1ccccc1.Cl.O. The van der Waals surface area contributed by atoms with E-state index in [-0.39, 0.29) is 23.9 Å². The average molecular weight is 422 g/mol. The molecule has 0 aliphatic rings. The number of benzene rings is 2. The Morgan fingerprint density at radius 3 is 1.86 bits per heavy atom. The zero-order chi connectivity index (χ0) is 20.1. The molecule has 0 saturated carbocycles. The average Bonchev–Trinajstić information content (AvgIpc) is 2.62. The van der Waals surface area contributed by atoms with Crippen LogP contribution in [0.2, 0.25) is 0 Å². The molecular weight excluding hydrogens is 382 g/mol. The van der Waals surface area contributed by atoms with E-state index in [9.17, 15) is 0 Å². The fraction of sp³-hybridized carbons (Fsp3) is 0.520. The van der Waals surface area contributed by atoms with Crippen LogP contribution in [0.1, 0.15) is 74.9 Å². The van der Waals surface area contributed by atoms with Crippen molar-refractivity contribution in [3.63, 3.8) is 0 Å². The molecule has 0 bridgehead atoms. The number of hydrogen-bond donors (Lipinski definition) is 1. The van der Waals surface area contributed by atoms with E-state index in [1.807, 2.05) is 30.3 Å². The molecule has 4 N–H and O–H groups in total. The fourth-order valence-corrected chi connectivity index (χ4v) is 3.81. The first-order valence-corrected chi connectivity index (χ1v) is 10.4. The Balaban J connectivity index is 0.00000392. The standard InChI is InChI=1S/C25H37NO.ClH.H2O/c1-8-23(26)24-19(7)18(6)21(14-16(2)3)22(15-17(4)5)25(24)27-20-12-10-9-11-13-20;;/h9-13,16-17,23H,8,14-15,26H2,1-7H3;1H;1H2. The van der Waals surface area contributed by atoms with Crippen LogP contribution in [0.4, 0.5) is 0 Å². The Bertz CT molecular complexity index is 757. The molecule has 2 aromatic carbocycles. The van der Waals surface area contributed by atoms with Gasteiger partial charge in [-0.1, -0.05) is 52.8 Å². The van der Waals surface area contributed by atoms with Crippen molar-refractivity contribution >= 4 is 12.4 Å². The van der Waals surface area contributed by atoms with Gasteiger partial charge in [0.2, 0.25) is 0 Å². The van der Waals surface area contributed by atoms with E-state index < -0.39 is 0 Å². The summed E-state index contributed by atoms with van der Waals surface area (Å²) in [6, 6.07) is 10.1. The van der Waals surface area contributed by atoms with Gasteiger partial charge < -0.3 is 15.9 Å². The molecule has 3 nitrogen and oxygen atoms in total. The number of rotatable bonds is 8. The minimum Gasteiger partial charge on any atom is -0.457 e. The molecule has 29 heavy (non-hydrogen) atoms. The van der Waals surface area contributed by atoms with Crippen LogP contribution in [0.5, 0.6) is 11.5 Å². The van der Waals surface area contributed by atoms with Crippen LogP contribution in [0, 0.1) is 25.7 Å². The van der Waals surface area contributed by atoms with Crippen molar-refractivity contribution in [3.8, 4) is 11.5 Å². The highest BCUT2D eigenvalue weighted by Crippen LogP contribution is 2.42. The monoisotopic (exact) mass is 421 g/mol. The molecule has 0 aliphatic carbocycles. The largest absolute Gasteiger partial charge is 0.457 e. The molecule has 2 rings (SSSR count). The van der Waals surface area contributed by atoms with E-state index in [0.29, 0.717) is 11.8 Å². The predicted molar refractivity (Wildman–Crippen MR) is 128 cm³/mol. The molecule has 0 radical (unpaired) electrons. The third kappa shape index (κ3) is 6.74. The van der Waals surface area contributed by atoms with Crippen molar-refractivity contribution in [2.45, 2.75) is 73.8 Å². The lowest BCUT2D eigenvalue weighted by atomic mass is 9.82. The van der Waals surface area contributed by atoms with Crippen molar-refractivity contribution in [3.05, 3.63) is 58.1 Å². The van der Waals surface area contributed by atoms with Crippen LogP contribution in [0.15, 0.2) is 30.3 Å². The first-order valence-electron chi connectivity index (χ1n) is 10.4. The van der Waals surface area contributed by atoms with Gasteiger partial charge in [-0.3, -0.25) is 0 Å². The number of para-hydroxylation sites is 1. The van der Waals surface area contributed by atoms with Crippen LogP contribution in [0.25, 0.3) is 0 Å². The van der Waals surface area contributed by atoms with Crippen LogP contribution in [0.3, 0.4) is 0 Å². The summed E-state index contributed by atoms with van der Waals surface area (Å²) >= 11 is 0. The Morgan fingerprint density at radius 1 is 0.862 bits per heavy atom. The Morgan fingerprint density at radius 2 is 1.38 bits per heavy atom.